The summed E-state index contributed by atoms with van der Waals surface area (Å²) in [5, 5.41) is 59.5. The number of aliphatic hydroxyl groups excluding tert-OH is 2. The Hall–Kier alpha value is -4.24. The first-order valence-corrected chi connectivity index (χ1v) is 4.46. The van der Waals surface area contributed by atoms with Crippen molar-refractivity contribution in [2.24, 2.45) is 0 Å². The van der Waals surface area contributed by atoms with Crippen LogP contribution in [-0.2, 0) is 28.8 Å². The van der Waals surface area contributed by atoms with Crippen molar-refractivity contribution in [2.75, 3.05) is 0 Å². The molecular weight excluding hydrogens is 352 g/mol. The van der Waals surface area contributed by atoms with E-state index in [-0.39, 0.29) is 0 Å². The molecule has 0 aliphatic heterocycles. The van der Waals surface area contributed by atoms with Crippen LogP contribution in [0.2, 0.25) is 0 Å². The Morgan fingerprint density at radius 3 is 0.458 bits per heavy atom. The average Bonchev–Trinajstić information content (AvgIpc) is 2.40. The minimum absolute atomic E-state index is 1.57. The van der Waals surface area contributed by atoms with Crippen molar-refractivity contribution >= 4 is 47.8 Å². The minimum Gasteiger partial charge on any atom is -0.473 e. The Labute approximate surface area is 128 Å². The fourth-order valence-corrected chi connectivity index (χ4v) is 0. The highest BCUT2D eigenvalue weighted by Gasteiger charge is 2.15. The van der Waals surface area contributed by atoms with E-state index < -0.39 is 47.8 Å². The van der Waals surface area contributed by atoms with E-state index in [1.807, 2.05) is 0 Å². The summed E-state index contributed by atoms with van der Waals surface area (Å²) >= 11 is 0. The molecule has 0 aromatic heterocycles. The molecule has 24 heavy (non-hydrogen) atoms. The SMILES string of the molecule is O=C(O)C(=O)O.O=C(O)C(=O)O.O=C(O)C(O)=[OH+].O=C(O)C(O)=[OH+]. The Morgan fingerprint density at radius 2 is 0.458 bits per heavy atom. The van der Waals surface area contributed by atoms with Crippen LogP contribution in [0.5, 0.6) is 0 Å². The van der Waals surface area contributed by atoms with Crippen LogP contribution < -0.4 is 0 Å². The zero-order valence-electron chi connectivity index (χ0n) is 10.9. The Kier molecular flexibility index (Phi) is 17.7. The second-order valence-corrected chi connectivity index (χ2v) is 2.48. The molecule has 0 spiro atoms. The third-order valence-electron chi connectivity index (χ3n) is 0.748. The highest BCUT2D eigenvalue weighted by atomic mass is 16.5. The summed E-state index contributed by atoms with van der Waals surface area (Å²) in [6.07, 6.45) is 0. The van der Waals surface area contributed by atoms with Crippen LogP contribution in [0.15, 0.2) is 0 Å². The monoisotopic (exact) mass is 362 g/mol. The normalized spacial score (nSPS) is 7.33. The standard InChI is InChI=1S/4C2H2O4/c4*3-1(4)2(5)6/h4*(H,3,4)(H,5,6)/p+2. The summed E-state index contributed by atoms with van der Waals surface area (Å²) in [4.78, 5) is 69.7. The van der Waals surface area contributed by atoms with E-state index in [0.29, 0.717) is 0 Å². The number of carboxylic acid groups (broad SMARTS) is 8. The lowest BCUT2D eigenvalue weighted by molar-refractivity contribution is -0.159. The molecule has 0 aromatic rings. The van der Waals surface area contributed by atoms with Crippen LogP contribution in [0.4, 0.5) is 0 Å². The van der Waals surface area contributed by atoms with Gasteiger partial charge in [-0.2, -0.15) is 0 Å². The van der Waals surface area contributed by atoms with Gasteiger partial charge in [0.05, 0.1) is 0 Å². The average molecular weight is 362 g/mol. The molecule has 136 valence electrons. The van der Waals surface area contributed by atoms with Gasteiger partial charge < -0.3 is 50.4 Å². The largest absolute Gasteiger partial charge is 0.596 e. The summed E-state index contributed by atoms with van der Waals surface area (Å²) in [5.41, 5.74) is 0. The molecule has 0 aliphatic carbocycles. The van der Waals surface area contributed by atoms with Crippen LogP contribution >= 0.6 is 0 Å². The minimum atomic E-state index is -1.82. The summed E-state index contributed by atoms with van der Waals surface area (Å²) in [6, 6.07) is 0. The third kappa shape index (κ3) is 36.1. The molecule has 16 heteroatoms. The van der Waals surface area contributed by atoms with Crippen LogP contribution in [0.25, 0.3) is 0 Å². The van der Waals surface area contributed by atoms with E-state index in [9.17, 15) is 0 Å². The molecule has 0 aromatic carbocycles. The van der Waals surface area contributed by atoms with Gasteiger partial charge in [0.15, 0.2) is 0 Å². The van der Waals surface area contributed by atoms with Crippen molar-refractivity contribution in [3.8, 4) is 0 Å². The van der Waals surface area contributed by atoms with Crippen molar-refractivity contribution in [1.29, 1.82) is 0 Å². The molecule has 0 rings (SSSR count). The molecule has 10 N–H and O–H groups in total. The maximum atomic E-state index is 9.16. The van der Waals surface area contributed by atoms with Gasteiger partial charge in [-0.05, 0) is 0 Å². The van der Waals surface area contributed by atoms with Crippen LogP contribution in [0, 0.1) is 0 Å². The summed E-state index contributed by atoms with van der Waals surface area (Å²) in [6.45, 7) is 0. The van der Waals surface area contributed by atoms with Gasteiger partial charge >= 0.3 is 47.8 Å². The number of carbonyl (C=O) groups is 6. The number of aliphatic carboxylic acids is 8. The van der Waals surface area contributed by atoms with Crippen LogP contribution in [0.3, 0.4) is 0 Å². The first kappa shape index (κ1) is 28.0. The van der Waals surface area contributed by atoms with E-state index in [1.54, 1.807) is 0 Å². The molecule has 0 amide bonds. The smallest absolute Gasteiger partial charge is 0.473 e. The van der Waals surface area contributed by atoms with Crippen molar-refractivity contribution in [3.63, 3.8) is 0 Å². The molecule has 0 saturated carbocycles. The second-order valence-electron chi connectivity index (χ2n) is 2.48. The molecule has 0 aliphatic rings. The van der Waals surface area contributed by atoms with E-state index in [2.05, 4.69) is 0 Å². The van der Waals surface area contributed by atoms with Gasteiger partial charge in [0.2, 0.25) is 0 Å². The van der Waals surface area contributed by atoms with E-state index >= 15 is 0 Å². The molecule has 0 radical (unpaired) electrons. The fourth-order valence-electron chi connectivity index (χ4n) is 0. The quantitative estimate of drug-likeness (QED) is 0.153. The zero-order valence-corrected chi connectivity index (χ0v) is 10.9. The Morgan fingerprint density at radius 1 is 0.375 bits per heavy atom. The first-order chi connectivity index (χ1) is 10.6. The molecule has 0 fully saturated rings. The Balaban J connectivity index is -0.000000111. The highest BCUT2D eigenvalue weighted by molar-refractivity contribution is 6.28. The summed E-state index contributed by atoms with van der Waals surface area (Å²) < 4.78 is 0. The predicted octanol–water partition coefficient (Wildman–Crippen LogP) is -3.43. The molecule has 0 heterocycles. The number of hydrogen-bond donors (Lipinski definition) is 8. The van der Waals surface area contributed by atoms with Gasteiger partial charge in [-0.3, -0.25) is 0 Å². The van der Waals surface area contributed by atoms with Gasteiger partial charge in [-0.25, -0.2) is 28.8 Å². The van der Waals surface area contributed by atoms with Gasteiger partial charge in [0, 0.05) is 0 Å². The number of rotatable bonds is 0. The van der Waals surface area contributed by atoms with Crippen molar-refractivity contribution in [3.05, 3.63) is 0 Å². The van der Waals surface area contributed by atoms with Crippen LogP contribution in [-0.4, -0.2) is 98.2 Å². The third-order valence-corrected chi connectivity index (χ3v) is 0.748. The first-order valence-electron chi connectivity index (χ1n) is 4.46. The summed E-state index contributed by atoms with van der Waals surface area (Å²) in [5.74, 6) is -13.9. The topological polar surface area (TPSA) is 307 Å². The van der Waals surface area contributed by atoms with Crippen LogP contribution in [0.1, 0.15) is 0 Å². The molecule has 16 nitrogen and oxygen atoms in total. The van der Waals surface area contributed by atoms with Crippen molar-refractivity contribution in [2.45, 2.75) is 0 Å². The lowest BCUT2D eigenvalue weighted by Gasteiger charge is -1.72. The van der Waals surface area contributed by atoms with E-state index in [1.165, 1.54) is 0 Å². The van der Waals surface area contributed by atoms with E-state index in [4.69, 9.17) is 79.2 Å². The van der Waals surface area contributed by atoms with Crippen molar-refractivity contribution in [1.82, 2.24) is 0 Å². The van der Waals surface area contributed by atoms with Gasteiger partial charge in [-0.15, -0.1) is 0 Å². The molecule has 0 bridgehead atoms. The van der Waals surface area contributed by atoms with Gasteiger partial charge in [-0.1, -0.05) is 0 Å². The second kappa shape index (κ2) is 15.2. The maximum Gasteiger partial charge on any atom is 0.596 e. The Bertz CT molecular complexity index is 382. The highest BCUT2D eigenvalue weighted by Crippen LogP contribution is 1.57. The van der Waals surface area contributed by atoms with Gasteiger partial charge in [0.25, 0.3) is 0 Å². The van der Waals surface area contributed by atoms with Crippen molar-refractivity contribution < 1.29 is 79.2 Å². The molecule has 0 atom stereocenters. The molecular formula is C8H10O16+2. The molecule has 0 unspecified atom stereocenters. The fraction of sp³-hybridized carbons (Fsp3) is 0. The number of hydrogen-bond acceptors (Lipinski definition) is 6. The summed E-state index contributed by atoms with van der Waals surface area (Å²) in [7, 11) is 0. The maximum absolute atomic E-state index is 9.16. The lowest BCUT2D eigenvalue weighted by Crippen LogP contribution is -2.10. The zero-order chi connectivity index (χ0) is 20.6. The lowest BCUT2D eigenvalue weighted by atomic mass is 10.7. The number of carboxylic acids is 8. The van der Waals surface area contributed by atoms with E-state index in [0.717, 1.165) is 0 Å². The molecule has 0 saturated heterocycles. The van der Waals surface area contributed by atoms with Gasteiger partial charge in [0.1, 0.15) is 0 Å². The predicted molar refractivity (Wildman–Crippen MR) is 65.0 cm³/mol.